The van der Waals surface area contributed by atoms with E-state index in [9.17, 15) is 13.7 Å². The molecule has 24 heavy (non-hydrogen) atoms. The molecule has 0 aromatic carbocycles. The number of rotatable bonds is 6. The van der Waals surface area contributed by atoms with Crippen LogP contribution in [0.5, 0.6) is 0 Å². The smallest absolute Gasteiger partial charge is 0.242 e. The Hall–Kier alpha value is -2.83. The van der Waals surface area contributed by atoms with Gasteiger partial charge in [0.1, 0.15) is 11.7 Å². The minimum Gasteiger partial charge on any atom is -0.366 e. The van der Waals surface area contributed by atoms with Crippen molar-refractivity contribution in [2.24, 2.45) is 7.05 Å². The van der Waals surface area contributed by atoms with Crippen molar-refractivity contribution in [3.05, 3.63) is 48.5 Å². The summed E-state index contributed by atoms with van der Waals surface area (Å²) >= 11 is 0. The van der Waals surface area contributed by atoms with E-state index >= 15 is 0 Å². The van der Waals surface area contributed by atoms with Gasteiger partial charge >= 0.3 is 0 Å². The average molecular weight is 344 g/mol. The molecule has 3 aromatic heterocycles. The Morgan fingerprint density at radius 1 is 1.25 bits per heavy atom. The summed E-state index contributed by atoms with van der Waals surface area (Å²) in [5, 5.41) is 12.3. The van der Waals surface area contributed by atoms with Crippen molar-refractivity contribution in [1.29, 1.82) is 5.26 Å². The van der Waals surface area contributed by atoms with Crippen LogP contribution in [0.15, 0.2) is 47.8 Å². The molecule has 0 amide bonds. The second kappa shape index (κ2) is 6.35. The fourth-order valence-corrected chi connectivity index (χ4v) is 3.39. The molecule has 0 saturated carbocycles. The Labute approximate surface area is 139 Å². The van der Waals surface area contributed by atoms with Gasteiger partial charge in [0, 0.05) is 38.7 Å². The second-order valence-corrected chi connectivity index (χ2v) is 6.95. The highest BCUT2D eigenvalue weighted by Crippen LogP contribution is 2.16. The quantitative estimate of drug-likeness (QED) is 0.648. The topological polar surface area (TPSA) is 104 Å². The molecule has 124 valence electrons. The van der Waals surface area contributed by atoms with E-state index in [1.807, 2.05) is 12.1 Å². The maximum Gasteiger partial charge on any atom is 0.242 e. The summed E-state index contributed by atoms with van der Waals surface area (Å²) < 4.78 is 30.0. The number of nitrogens with one attached hydrogen (secondary N) is 2. The van der Waals surface area contributed by atoms with E-state index in [-0.39, 0.29) is 11.4 Å². The predicted molar refractivity (Wildman–Crippen MR) is 89.0 cm³/mol. The summed E-state index contributed by atoms with van der Waals surface area (Å²) in [5.74, 6) is 0.433. The zero-order chi connectivity index (χ0) is 17.2. The van der Waals surface area contributed by atoms with Crippen LogP contribution in [0.4, 0.5) is 5.82 Å². The van der Waals surface area contributed by atoms with E-state index in [0.29, 0.717) is 23.7 Å². The monoisotopic (exact) mass is 344 g/mol. The van der Waals surface area contributed by atoms with E-state index in [2.05, 4.69) is 21.1 Å². The third-order valence-electron chi connectivity index (χ3n) is 3.46. The van der Waals surface area contributed by atoms with Crippen LogP contribution in [0.3, 0.4) is 0 Å². The predicted octanol–water partition coefficient (Wildman–Crippen LogP) is 0.935. The zero-order valence-electron chi connectivity index (χ0n) is 13.0. The van der Waals surface area contributed by atoms with Gasteiger partial charge in [-0.05, 0) is 18.2 Å². The first-order valence-electron chi connectivity index (χ1n) is 7.24. The lowest BCUT2D eigenvalue weighted by molar-refractivity contribution is 0.582. The molecule has 0 aliphatic rings. The summed E-state index contributed by atoms with van der Waals surface area (Å²) in [6.45, 7) is 0.487. The zero-order valence-corrected chi connectivity index (χ0v) is 13.8. The van der Waals surface area contributed by atoms with Crippen molar-refractivity contribution >= 4 is 21.5 Å². The van der Waals surface area contributed by atoms with Gasteiger partial charge in [-0.15, -0.1) is 0 Å². The first-order chi connectivity index (χ1) is 11.5. The van der Waals surface area contributed by atoms with Crippen molar-refractivity contribution in [1.82, 2.24) is 18.7 Å². The Kier molecular flexibility index (Phi) is 4.24. The highest BCUT2D eigenvalue weighted by molar-refractivity contribution is 7.89. The van der Waals surface area contributed by atoms with Gasteiger partial charge in [-0.2, -0.15) is 5.26 Å². The molecule has 8 nitrogen and oxygen atoms in total. The lowest BCUT2D eigenvalue weighted by atomic mass is 10.4. The second-order valence-electron chi connectivity index (χ2n) is 5.19. The minimum atomic E-state index is -3.54. The van der Waals surface area contributed by atoms with Crippen LogP contribution in [0.1, 0.15) is 5.69 Å². The van der Waals surface area contributed by atoms with Gasteiger partial charge in [-0.1, -0.05) is 6.07 Å². The lowest BCUT2D eigenvalue weighted by Crippen LogP contribution is -2.28. The van der Waals surface area contributed by atoms with Crippen molar-refractivity contribution in [3.63, 3.8) is 0 Å². The minimum absolute atomic E-state index is 0.177. The molecule has 0 radical (unpaired) electrons. The number of aromatic nitrogens is 3. The van der Waals surface area contributed by atoms with Crippen molar-refractivity contribution in [3.8, 4) is 6.07 Å². The fraction of sp³-hybridized carbons (Fsp3) is 0.200. The Morgan fingerprint density at radius 3 is 2.79 bits per heavy atom. The number of nitrogens with zero attached hydrogens (tertiary/aromatic N) is 4. The first kappa shape index (κ1) is 16.0. The van der Waals surface area contributed by atoms with Gasteiger partial charge in [0.05, 0.1) is 4.90 Å². The van der Waals surface area contributed by atoms with E-state index in [1.54, 1.807) is 34.5 Å². The maximum absolute atomic E-state index is 12.1. The molecular formula is C15H16N6O2S. The highest BCUT2D eigenvalue weighted by atomic mass is 32.2. The molecular weight excluding hydrogens is 328 g/mol. The molecule has 0 unspecified atom stereocenters. The van der Waals surface area contributed by atoms with E-state index < -0.39 is 10.0 Å². The number of hydrogen-bond donors (Lipinski definition) is 2. The summed E-state index contributed by atoms with van der Waals surface area (Å²) in [6.07, 6.45) is 4.96. The van der Waals surface area contributed by atoms with Gasteiger partial charge in [0.2, 0.25) is 10.0 Å². The van der Waals surface area contributed by atoms with Crippen molar-refractivity contribution in [2.45, 2.75) is 4.90 Å². The summed E-state index contributed by atoms with van der Waals surface area (Å²) in [5.41, 5.74) is 1.04. The number of aryl methyl sites for hydroxylation is 1. The molecule has 0 atom stereocenters. The van der Waals surface area contributed by atoms with Gasteiger partial charge in [0.25, 0.3) is 0 Å². The first-order valence-corrected chi connectivity index (χ1v) is 8.72. The van der Waals surface area contributed by atoms with Crippen LogP contribution in [-0.4, -0.2) is 35.5 Å². The number of imidazole rings is 1. The standard InChI is InChI=1S/C15H16N6O2S/c1-20-9-5-12(11-20)24(22,23)18-7-6-17-15-13(10-16)21-8-3-2-4-14(21)19-15/h2-5,8-9,11,17-18H,6-7H2,1H3. The molecule has 3 rings (SSSR count). The number of anilines is 1. The average Bonchev–Trinajstić information content (AvgIpc) is 3.15. The Balaban J connectivity index is 1.64. The Morgan fingerprint density at radius 2 is 2.08 bits per heavy atom. The van der Waals surface area contributed by atoms with Gasteiger partial charge in [0.15, 0.2) is 11.5 Å². The molecule has 0 saturated heterocycles. The third kappa shape index (κ3) is 3.10. The van der Waals surface area contributed by atoms with E-state index in [0.717, 1.165) is 0 Å². The lowest BCUT2D eigenvalue weighted by Gasteiger charge is -2.06. The summed E-state index contributed by atoms with van der Waals surface area (Å²) in [4.78, 5) is 4.55. The number of sulfonamides is 1. The molecule has 2 N–H and O–H groups in total. The fourth-order valence-electron chi connectivity index (χ4n) is 2.31. The van der Waals surface area contributed by atoms with E-state index in [4.69, 9.17) is 0 Å². The summed E-state index contributed by atoms with van der Waals surface area (Å²) in [6, 6.07) is 9.08. The van der Waals surface area contributed by atoms with Crippen LogP contribution < -0.4 is 10.0 Å². The van der Waals surface area contributed by atoms with Crippen molar-refractivity contribution < 1.29 is 8.42 Å². The number of fused-ring (bicyclic) bond motifs is 1. The number of pyridine rings is 1. The molecule has 0 aliphatic heterocycles. The molecule has 9 heteroatoms. The van der Waals surface area contributed by atoms with Gasteiger partial charge in [-0.25, -0.2) is 18.1 Å². The van der Waals surface area contributed by atoms with Crippen LogP contribution >= 0.6 is 0 Å². The number of hydrogen-bond acceptors (Lipinski definition) is 5. The SMILES string of the molecule is Cn1ccc(S(=O)(=O)NCCNc2nc3ccccn3c2C#N)c1. The molecule has 3 heterocycles. The van der Waals surface area contributed by atoms with Crippen LogP contribution in [0, 0.1) is 11.3 Å². The summed E-state index contributed by atoms with van der Waals surface area (Å²) in [7, 11) is -1.78. The largest absolute Gasteiger partial charge is 0.366 e. The molecule has 0 bridgehead atoms. The maximum atomic E-state index is 12.1. The molecule has 0 fully saturated rings. The molecule has 0 spiro atoms. The Bertz CT molecular complexity index is 1010. The van der Waals surface area contributed by atoms with Crippen LogP contribution in [0.2, 0.25) is 0 Å². The van der Waals surface area contributed by atoms with E-state index in [1.165, 1.54) is 12.3 Å². The van der Waals surface area contributed by atoms with Gasteiger partial charge in [-0.3, -0.25) is 4.40 Å². The van der Waals surface area contributed by atoms with Crippen LogP contribution in [0.25, 0.3) is 5.65 Å². The van der Waals surface area contributed by atoms with Gasteiger partial charge < -0.3 is 9.88 Å². The van der Waals surface area contributed by atoms with Crippen molar-refractivity contribution in [2.75, 3.05) is 18.4 Å². The van der Waals surface area contributed by atoms with Crippen LogP contribution in [-0.2, 0) is 17.1 Å². The highest BCUT2D eigenvalue weighted by Gasteiger charge is 2.15. The third-order valence-corrected chi connectivity index (χ3v) is 4.91. The molecule has 0 aliphatic carbocycles. The normalized spacial score (nSPS) is 11.5. The molecule has 3 aromatic rings. The number of nitriles is 1.